The monoisotopic (exact) mass is 366 g/mol. The molecule has 138 valence electrons. The number of pyridine rings is 1. The van der Waals surface area contributed by atoms with E-state index < -0.39 is 12.1 Å². The maximum atomic E-state index is 12.4. The Balaban J connectivity index is 1.67. The van der Waals surface area contributed by atoms with Gasteiger partial charge in [-0.2, -0.15) is 5.26 Å². The van der Waals surface area contributed by atoms with Gasteiger partial charge in [0.25, 0.3) is 0 Å². The molecule has 0 bridgehead atoms. The Kier molecular flexibility index (Phi) is 5.22. The first-order valence-corrected chi connectivity index (χ1v) is 8.30. The standard InChI is InChI=1S/C19H18N4O4/c1-12(18-16(26-2)4-3-7-21-18)22-17(24)11-23-10-14-8-13(9-20)5-6-15(14)27-19(23)25/h3-8,12H,10-11H2,1-2H3,(H,22,24)/t12-/m0/s1. The summed E-state index contributed by atoms with van der Waals surface area (Å²) >= 11 is 0. The highest BCUT2D eigenvalue weighted by atomic mass is 16.6. The van der Waals surface area contributed by atoms with Gasteiger partial charge in [0, 0.05) is 11.8 Å². The topological polar surface area (TPSA) is 105 Å². The molecule has 0 fully saturated rings. The van der Waals surface area contributed by atoms with Crippen molar-refractivity contribution >= 4 is 12.0 Å². The first-order chi connectivity index (χ1) is 13.0. The molecule has 8 nitrogen and oxygen atoms in total. The van der Waals surface area contributed by atoms with E-state index in [0.717, 1.165) is 0 Å². The van der Waals surface area contributed by atoms with Crippen LogP contribution >= 0.6 is 0 Å². The number of methoxy groups -OCH3 is 1. The SMILES string of the molecule is COc1cccnc1[C@H](C)NC(=O)CN1Cc2cc(C#N)ccc2OC1=O. The highest BCUT2D eigenvalue weighted by Gasteiger charge is 2.27. The fraction of sp³-hybridized carbons (Fsp3) is 0.263. The van der Waals surface area contributed by atoms with Gasteiger partial charge in [-0.15, -0.1) is 0 Å². The smallest absolute Gasteiger partial charge is 0.416 e. The number of fused-ring (bicyclic) bond motifs is 1. The Morgan fingerprint density at radius 3 is 3.04 bits per heavy atom. The van der Waals surface area contributed by atoms with Crippen molar-refractivity contribution in [1.29, 1.82) is 5.26 Å². The van der Waals surface area contributed by atoms with Crippen LogP contribution in [-0.4, -0.2) is 35.5 Å². The van der Waals surface area contributed by atoms with Gasteiger partial charge in [-0.1, -0.05) is 0 Å². The summed E-state index contributed by atoms with van der Waals surface area (Å²) in [5, 5.41) is 11.8. The van der Waals surface area contributed by atoms with Crippen LogP contribution in [0.4, 0.5) is 4.79 Å². The van der Waals surface area contributed by atoms with E-state index in [1.807, 2.05) is 6.07 Å². The minimum absolute atomic E-state index is 0.172. The van der Waals surface area contributed by atoms with E-state index in [9.17, 15) is 9.59 Å². The molecule has 0 radical (unpaired) electrons. The number of ether oxygens (including phenoxy) is 2. The summed E-state index contributed by atoms with van der Waals surface area (Å²) in [6.07, 6.45) is 1.01. The molecule has 2 heterocycles. The molecule has 1 atom stereocenters. The highest BCUT2D eigenvalue weighted by Crippen LogP contribution is 2.27. The summed E-state index contributed by atoms with van der Waals surface area (Å²) in [6, 6.07) is 9.96. The van der Waals surface area contributed by atoms with E-state index in [1.54, 1.807) is 43.5 Å². The zero-order valence-corrected chi connectivity index (χ0v) is 14.9. The molecular weight excluding hydrogens is 348 g/mol. The molecule has 1 aromatic heterocycles. The molecule has 1 aromatic carbocycles. The van der Waals surface area contributed by atoms with E-state index >= 15 is 0 Å². The van der Waals surface area contributed by atoms with Gasteiger partial charge in [0.1, 0.15) is 23.7 Å². The lowest BCUT2D eigenvalue weighted by Crippen LogP contribution is -2.44. The van der Waals surface area contributed by atoms with Crippen LogP contribution < -0.4 is 14.8 Å². The number of carbonyl (C=O) groups is 2. The normalized spacial score (nSPS) is 13.8. The van der Waals surface area contributed by atoms with Gasteiger partial charge in [0.2, 0.25) is 5.91 Å². The van der Waals surface area contributed by atoms with Crippen molar-refractivity contribution in [3.63, 3.8) is 0 Å². The molecule has 27 heavy (non-hydrogen) atoms. The number of nitrogens with one attached hydrogen (secondary N) is 1. The molecule has 2 aromatic rings. The minimum atomic E-state index is -0.606. The van der Waals surface area contributed by atoms with Gasteiger partial charge in [-0.05, 0) is 37.3 Å². The first-order valence-electron chi connectivity index (χ1n) is 8.30. The predicted octanol–water partition coefficient (Wildman–Crippen LogP) is 2.15. The number of rotatable bonds is 5. The number of nitrogens with zero attached hydrogens (tertiary/aromatic N) is 3. The first kappa shape index (κ1) is 18.2. The largest absolute Gasteiger partial charge is 0.495 e. The van der Waals surface area contributed by atoms with E-state index in [4.69, 9.17) is 14.7 Å². The van der Waals surface area contributed by atoms with Gasteiger partial charge in [0.15, 0.2) is 0 Å². The molecule has 1 aliphatic heterocycles. The number of benzene rings is 1. The van der Waals surface area contributed by atoms with Crippen molar-refractivity contribution in [2.24, 2.45) is 0 Å². The van der Waals surface area contributed by atoms with Gasteiger partial charge in [0.05, 0.1) is 31.3 Å². The predicted molar refractivity (Wildman–Crippen MR) is 94.9 cm³/mol. The fourth-order valence-corrected chi connectivity index (χ4v) is 2.85. The maximum absolute atomic E-state index is 12.4. The number of nitriles is 1. The minimum Gasteiger partial charge on any atom is -0.495 e. The second-order valence-electron chi connectivity index (χ2n) is 6.04. The molecule has 0 aliphatic carbocycles. The molecule has 0 unspecified atom stereocenters. The van der Waals surface area contributed by atoms with Crippen LogP contribution in [0.3, 0.4) is 0 Å². The summed E-state index contributed by atoms with van der Waals surface area (Å²) in [5.74, 6) is 0.620. The molecule has 1 N–H and O–H groups in total. The van der Waals surface area contributed by atoms with E-state index in [1.165, 1.54) is 12.0 Å². The maximum Gasteiger partial charge on any atom is 0.416 e. The van der Waals surface area contributed by atoms with Crippen LogP contribution in [-0.2, 0) is 11.3 Å². The third-order valence-corrected chi connectivity index (χ3v) is 4.15. The van der Waals surface area contributed by atoms with Gasteiger partial charge >= 0.3 is 6.09 Å². The summed E-state index contributed by atoms with van der Waals surface area (Å²) < 4.78 is 10.5. The Morgan fingerprint density at radius 2 is 2.30 bits per heavy atom. The molecule has 3 rings (SSSR count). The average Bonchev–Trinajstić information content (AvgIpc) is 2.68. The fourth-order valence-electron chi connectivity index (χ4n) is 2.85. The second kappa shape index (κ2) is 7.74. The van der Waals surface area contributed by atoms with Crippen LogP contribution in [0.1, 0.15) is 29.8 Å². The lowest BCUT2D eigenvalue weighted by molar-refractivity contribution is -0.122. The van der Waals surface area contributed by atoms with Crippen LogP contribution in [0.25, 0.3) is 0 Å². The lowest BCUT2D eigenvalue weighted by atomic mass is 10.1. The van der Waals surface area contributed by atoms with E-state index in [0.29, 0.717) is 28.3 Å². The van der Waals surface area contributed by atoms with E-state index in [2.05, 4.69) is 10.3 Å². The van der Waals surface area contributed by atoms with Crippen molar-refractivity contribution in [3.8, 4) is 17.6 Å². The van der Waals surface area contributed by atoms with Gasteiger partial charge in [-0.25, -0.2) is 4.79 Å². The molecule has 0 saturated carbocycles. The van der Waals surface area contributed by atoms with E-state index in [-0.39, 0.29) is 19.0 Å². The van der Waals surface area contributed by atoms with Crippen molar-refractivity contribution < 1.29 is 19.1 Å². The molecule has 0 saturated heterocycles. The summed E-state index contributed by atoms with van der Waals surface area (Å²) in [7, 11) is 1.53. The molecule has 8 heteroatoms. The zero-order chi connectivity index (χ0) is 19.4. The summed E-state index contributed by atoms with van der Waals surface area (Å²) in [5.41, 5.74) is 1.74. The van der Waals surface area contributed by atoms with Crippen molar-refractivity contribution in [2.45, 2.75) is 19.5 Å². The molecule has 0 spiro atoms. The van der Waals surface area contributed by atoms with Crippen LogP contribution in [0, 0.1) is 11.3 Å². The van der Waals surface area contributed by atoms with Crippen molar-refractivity contribution in [2.75, 3.05) is 13.7 Å². The quantitative estimate of drug-likeness (QED) is 0.869. The lowest BCUT2D eigenvalue weighted by Gasteiger charge is -2.28. The number of aromatic nitrogens is 1. The molecule has 2 amide bonds. The highest BCUT2D eigenvalue weighted by molar-refractivity contribution is 5.84. The Hall–Kier alpha value is -3.60. The third-order valence-electron chi connectivity index (χ3n) is 4.15. The Morgan fingerprint density at radius 1 is 1.48 bits per heavy atom. The number of hydrogen-bond acceptors (Lipinski definition) is 6. The average molecular weight is 366 g/mol. The van der Waals surface area contributed by atoms with Gasteiger partial charge in [-0.3, -0.25) is 14.7 Å². The summed E-state index contributed by atoms with van der Waals surface area (Å²) in [4.78, 5) is 30.0. The second-order valence-corrected chi connectivity index (χ2v) is 6.04. The summed E-state index contributed by atoms with van der Waals surface area (Å²) in [6.45, 7) is 1.80. The Labute approximate surface area is 156 Å². The molecular formula is C19H18N4O4. The van der Waals surface area contributed by atoms with Crippen molar-refractivity contribution in [3.05, 3.63) is 53.3 Å². The van der Waals surface area contributed by atoms with Crippen LogP contribution in [0.5, 0.6) is 11.5 Å². The van der Waals surface area contributed by atoms with Crippen LogP contribution in [0.2, 0.25) is 0 Å². The zero-order valence-electron chi connectivity index (χ0n) is 14.9. The molecule has 1 aliphatic rings. The Bertz CT molecular complexity index is 922. The number of carbonyl (C=O) groups excluding carboxylic acids is 2. The third kappa shape index (κ3) is 3.98. The van der Waals surface area contributed by atoms with Crippen LogP contribution in [0.15, 0.2) is 36.5 Å². The van der Waals surface area contributed by atoms with Crippen molar-refractivity contribution in [1.82, 2.24) is 15.2 Å². The van der Waals surface area contributed by atoms with Gasteiger partial charge < -0.3 is 14.8 Å². The number of amides is 2. The number of hydrogen-bond donors (Lipinski definition) is 1.